The smallest absolute Gasteiger partial charge is 0.264 e. The summed E-state index contributed by atoms with van der Waals surface area (Å²) >= 11 is 0. The summed E-state index contributed by atoms with van der Waals surface area (Å²) in [4.78, 5) is 31.1. The molecule has 1 aromatic heterocycles. The Morgan fingerprint density at radius 2 is 1.95 bits per heavy atom. The summed E-state index contributed by atoms with van der Waals surface area (Å²) in [5.74, 6) is 0.119. The molecular weight excluding hydrogens is 258 g/mol. The third kappa shape index (κ3) is 3.66. The number of aryl methyl sites for hydroxylation is 1. The van der Waals surface area contributed by atoms with Gasteiger partial charge in [0.1, 0.15) is 11.4 Å². The summed E-state index contributed by atoms with van der Waals surface area (Å²) in [6, 6.07) is -0.226. The maximum atomic E-state index is 12.1. The van der Waals surface area contributed by atoms with Gasteiger partial charge < -0.3 is 15.4 Å². The zero-order chi connectivity index (χ0) is 15.4. The third-order valence-electron chi connectivity index (χ3n) is 3.39. The molecule has 3 N–H and O–H groups in total. The minimum Gasteiger partial charge on any atom is -0.396 e. The Balaban J connectivity index is 3.03. The number of amides is 1. The molecule has 0 aliphatic heterocycles. The number of hydrogen-bond donors (Lipinski definition) is 3. The Morgan fingerprint density at radius 1 is 1.35 bits per heavy atom. The van der Waals surface area contributed by atoms with Crippen LogP contribution in [-0.2, 0) is 0 Å². The second kappa shape index (κ2) is 6.65. The number of aromatic nitrogens is 2. The van der Waals surface area contributed by atoms with Gasteiger partial charge in [-0.25, -0.2) is 4.98 Å². The summed E-state index contributed by atoms with van der Waals surface area (Å²) < 4.78 is 0. The van der Waals surface area contributed by atoms with E-state index in [1.807, 2.05) is 20.8 Å². The number of aliphatic hydroxyl groups is 1. The molecule has 1 heterocycles. The number of H-pyrrole nitrogens is 1. The van der Waals surface area contributed by atoms with Crippen LogP contribution in [0.4, 0.5) is 0 Å². The summed E-state index contributed by atoms with van der Waals surface area (Å²) in [6.07, 6.45) is 0. The minimum atomic E-state index is -0.459. The van der Waals surface area contributed by atoms with E-state index in [0.717, 1.165) is 0 Å². The molecule has 0 spiro atoms. The van der Waals surface area contributed by atoms with Gasteiger partial charge in [0.05, 0.1) is 5.69 Å². The molecule has 0 saturated heterocycles. The van der Waals surface area contributed by atoms with Gasteiger partial charge in [0.15, 0.2) is 0 Å². The largest absolute Gasteiger partial charge is 0.396 e. The maximum absolute atomic E-state index is 12.1. The van der Waals surface area contributed by atoms with Crippen LogP contribution in [0.25, 0.3) is 0 Å². The number of aliphatic hydroxyl groups excluding tert-OH is 1. The lowest BCUT2D eigenvalue weighted by Crippen LogP contribution is -2.41. The molecule has 0 saturated carbocycles. The van der Waals surface area contributed by atoms with E-state index in [2.05, 4.69) is 15.3 Å². The Bertz CT molecular complexity index is 537. The molecule has 0 aliphatic rings. The first-order valence-electron chi connectivity index (χ1n) is 6.80. The predicted octanol–water partition coefficient (Wildman–Crippen LogP) is 0.948. The molecule has 0 aliphatic carbocycles. The molecule has 20 heavy (non-hydrogen) atoms. The normalized spacial score (nSPS) is 14.2. The number of nitrogens with one attached hydrogen (secondary N) is 2. The first kappa shape index (κ1) is 16.4. The summed E-state index contributed by atoms with van der Waals surface area (Å²) in [5, 5.41) is 11.8. The van der Waals surface area contributed by atoms with E-state index in [0.29, 0.717) is 11.5 Å². The lowest BCUT2D eigenvalue weighted by atomic mass is 10.0. The zero-order valence-electron chi connectivity index (χ0n) is 12.7. The van der Waals surface area contributed by atoms with E-state index < -0.39 is 11.5 Å². The summed E-state index contributed by atoms with van der Waals surface area (Å²) in [7, 11) is 0. The van der Waals surface area contributed by atoms with Crippen LogP contribution in [0.3, 0.4) is 0 Å². The molecule has 2 unspecified atom stereocenters. The van der Waals surface area contributed by atoms with Crippen molar-refractivity contribution in [3.05, 3.63) is 27.4 Å². The quantitative estimate of drug-likeness (QED) is 0.748. The lowest BCUT2D eigenvalue weighted by Gasteiger charge is -2.19. The van der Waals surface area contributed by atoms with Crippen molar-refractivity contribution >= 4 is 5.91 Å². The maximum Gasteiger partial charge on any atom is 0.264 e. The average Bonchev–Trinajstić information content (AvgIpc) is 2.36. The first-order valence-corrected chi connectivity index (χ1v) is 6.80. The van der Waals surface area contributed by atoms with Crippen LogP contribution in [0.5, 0.6) is 0 Å². The molecule has 6 nitrogen and oxygen atoms in total. The first-order chi connectivity index (χ1) is 9.27. The van der Waals surface area contributed by atoms with Crippen LogP contribution in [-0.4, -0.2) is 33.6 Å². The highest BCUT2D eigenvalue weighted by molar-refractivity contribution is 5.95. The van der Waals surface area contributed by atoms with E-state index in [4.69, 9.17) is 5.11 Å². The topological polar surface area (TPSA) is 95.1 Å². The number of rotatable bonds is 5. The van der Waals surface area contributed by atoms with E-state index >= 15 is 0 Å². The van der Waals surface area contributed by atoms with Crippen molar-refractivity contribution in [2.75, 3.05) is 6.61 Å². The standard InChI is InChI=1S/C14H23N3O3/c1-7(2)12-15-10(5)11(14(20)17-12)13(19)16-9(4)8(3)6-18/h7-9,18H,6H2,1-5H3,(H,16,19)(H,15,17,20). The number of carbonyl (C=O) groups excluding carboxylic acids is 1. The highest BCUT2D eigenvalue weighted by Crippen LogP contribution is 2.09. The molecule has 0 bridgehead atoms. The SMILES string of the molecule is Cc1nc(C(C)C)[nH]c(=O)c1C(=O)NC(C)C(C)CO. The van der Waals surface area contributed by atoms with Crippen molar-refractivity contribution in [1.82, 2.24) is 15.3 Å². The van der Waals surface area contributed by atoms with Gasteiger partial charge in [0.25, 0.3) is 11.5 Å². The summed E-state index contributed by atoms with van der Waals surface area (Å²) in [6.45, 7) is 9.07. The fourth-order valence-corrected chi connectivity index (χ4v) is 1.73. The van der Waals surface area contributed by atoms with Gasteiger partial charge in [0, 0.05) is 18.6 Å². The average molecular weight is 281 g/mol. The van der Waals surface area contributed by atoms with Crippen molar-refractivity contribution in [3.63, 3.8) is 0 Å². The second-order valence-corrected chi connectivity index (χ2v) is 5.49. The van der Waals surface area contributed by atoms with Crippen molar-refractivity contribution in [2.45, 2.75) is 46.6 Å². The molecule has 0 radical (unpaired) electrons. The van der Waals surface area contributed by atoms with E-state index in [9.17, 15) is 9.59 Å². The number of aromatic amines is 1. The Hall–Kier alpha value is -1.69. The monoisotopic (exact) mass is 281 g/mol. The van der Waals surface area contributed by atoms with Crippen molar-refractivity contribution in [2.24, 2.45) is 5.92 Å². The third-order valence-corrected chi connectivity index (χ3v) is 3.39. The molecule has 112 valence electrons. The van der Waals surface area contributed by atoms with Crippen LogP contribution in [0.1, 0.15) is 55.5 Å². The fraction of sp³-hybridized carbons (Fsp3) is 0.643. The van der Waals surface area contributed by atoms with Crippen LogP contribution in [0.15, 0.2) is 4.79 Å². The molecule has 1 rings (SSSR count). The number of nitrogens with zero attached hydrogens (tertiary/aromatic N) is 1. The molecule has 1 amide bonds. The Morgan fingerprint density at radius 3 is 2.40 bits per heavy atom. The fourth-order valence-electron chi connectivity index (χ4n) is 1.73. The Labute approximate surface area is 118 Å². The molecule has 1 aromatic rings. The molecule has 0 fully saturated rings. The van der Waals surface area contributed by atoms with E-state index in [1.54, 1.807) is 13.8 Å². The van der Waals surface area contributed by atoms with Gasteiger partial charge in [-0.3, -0.25) is 9.59 Å². The van der Waals surface area contributed by atoms with Gasteiger partial charge in [-0.15, -0.1) is 0 Å². The molecular formula is C14H23N3O3. The molecule has 2 atom stereocenters. The van der Waals surface area contributed by atoms with Crippen LogP contribution in [0, 0.1) is 12.8 Å². The highest BCUT2D eigenvalue weighted by Gasteiger charge is 2.20. The van der Waals surface area contributed by atoms with Crippen molar-refractivity contribution in [1.29, 1.82) is 0 Å². The minimum absolute atomic E-state index is 0.0265. The van der Waals surface area contributed by atoms with Gasteiger partial charge in [-0.2, -0.15) is 0 Å². The van der Waals surface area contributed by atoms with Gasteiger partial charge >= 0.3 is 0 Å². The van der Waals surface area contributed by atoms with E-state index in [1.165, 1.54) is 0 Å². The molecule has 6 heteroatoms. The van der Waals surface area contributed by atoms with Gasteiger partial charge in [-0.1, -0.05) is 20.8 Å². The van der Waals surface area contributed by atoms with Crippen molar-refractivity contribution < 1.29 is 9.90 Å². The van der Waals surface area contributed by atoms with Crippen LogP contribution < -0.4 is 10.9 Å². The Kier molecular flexibility index (Phi) is 5.44. The van der Waals surface area contributed by atoms with Crippen LogP contribution >= 0.6 is 0 Å². The molecule has 0 aromatic carbocycles. The number of hydrogen-bond acceptors (Lipinski definition) is 4. The lowest BCUT2D eigenvalue weighted by molar-refractivity contribution is 0.0913. The highest BCUT2D eigenvalue weighted by atomic mass is 16.3. The predicted molar refractivity (Wildman–Crippen MR) is 76.9 cm³/mol. The van der Waals surface area contributed by atoms with Gasteiger partial charge in [0.2, 0.25) is 0 Å². The zero-order valence-corrected chi connectivity index (χ0v) is 12.7. The second-order valence-electron chi connectivity index (χ2n) is 5.49. The van der Waals surface area contributed by atoms with E-state index in [-0.39, 0.29) is 30.0 Å². The van der Waals surface area contributed by atoms with Crippen molar-refractivity contribution in [3.8, 4) is 0 Å². The van der Waals surface area contributed by atoms with Gasteiger partial charge in [-0.05, 0) is 19.8 Å². The summed E-state index contributed by atoms with van der Waals surface area (Å²) in [5.41, 5.74) is 0.0211. The van der Waals surface area contributed by atoms with Crippen LogP contribution in [0.2, 0.25) is 0 Å². The number of carbonyl (C=O) groups is 1.